The Labute approximate surface area is 167 Å². The molecule has 0 aliphatic carbocycles. The molecular weight excluding hydrogens is 374 g/mol. The van der Waals surface area contributed by atoms with Crippen LogP contribution < -0.4 is 5.32 Å². The van der Waals surface area contributed by atoms with E-state index < -0.39 is 4.92 Å². The summed E-state index contributed by atoms with van der Waals surface area (Å²) in [6.07, 6.45) is 0.675. The van der Waals surface area contributed by atoms with Crippen molar-refractivity contribution in [2.24, 2.45) is 0 Å². The minimum atomic E-state index is -0.444. The van der Waals surface area contributed by atoms with E-state index in [1.54, 1.807) is 25.1 Å². The van der Waals surface area contributed by atoms with Crippen LogP contribution in [-0.4, -0.2) is 22.4 Å². The van der Waals surface area contributed by atoms with Crippen LogP contribution in [0.5, 0.6) is 0 Å². The van der Waals surface area contributed by atoms with Gasteiger partial charge in [-0.1, -0.05) is 30.3 Å². The number of anilines is 1. The van der Waals surface area contributed by atoms with E-state index in [9.17, 15) is 14.9 Å². The van der Waals surface area contributed by atoms with Crippen LogP contribution in [0.25, 0.3) is 11.5 Å². The largest absolute Gasteiger partial charge is 0.459 e. The topological polar surface area (TPSA) is 108 Å². The fraction of sp³-hybridized carbons (Fsp3) is 0.238. The highest BCUT2D eigenvalue weighted by Gasteiger charge is 2.14. The number of esters is 1. The van der Waals surface area contributed by atoms with Gasteiger partial charge in [0.05, 0.1) is 4.92 Å². The summed E-state index contributed by atoms with van der Waals surface area (Å²) < 4.78 is 10.9. The van der Waals surface area contributed by atoms with Crippen LogP contribution >= 0.6 is 0 Å². The second-order valence-corrected chi connectivity index (χ2v) is 6.35. The number of rotatable bonds is 9. The summed E-state index contributed by atoms with van der Waals surface area (Å²) in [5.41, 5.74) is 1.87. The Balaban J connectivity index is 1.44. The first-order valence-corrected chi connectivity index (χ1v) is 9.19. The minimum Gasteiger partial charge on any atom is -0.459 e. The first-order valence-electron chi connectivity index (χ1n) is 9.19. The summed E-state index contributed by atoms with van der Waals surface area (Å²) in [5.74, 6) is 0.732. The number of carbonyl (C=O) groups is 1. The maximum Gasteiger partial charge on any atom is 0.306 e. The molecule has 8 nitrogen and oxygen atoms in total. The van der Waals surface area contributed by atoms with Crippen LogP contribution in [0.3, 0.4) is 0 Å². The third-order valence-electron chi connectivity index (χ3n) is 4.26. The normalized spacial score (nSPS) is 10.5. The predicted octanol–water partition coefficient (Wildman–Crippen LogP) is 4.49. The van der Waals surface area contributed by atoms with Crippen molar-refractivity contribution in [1.29, 1.82) is 0 Å². The van der Waals surface area contributed by atoms with E-state index in [0.717, 1.165) is 5.56 Å². The van der Waals surface area contributed by atoms with Crippen LogP contribution in [0.1, 0.15) is 24.3 Å². The summed E-state index contributed by atoms with van der Waals surface area (Å²) in [5, 5.41) is 14.0. The molecule has 0 amide bonds. The number of aryl methyl sites for hydroxylation is 1. The number of para-hydroxylation sites is 2. The summed E-state index contributed by atoms with van der Waals surface area (Å²) in [4.78, 5) is 26.9. The quantitative estimate of drug-likeness (QED) is 0.246. The summed E-state index contributed by atoms with van der Waals surface area (Å²) in [6, 6.07) is 15.9. The van der Waals surface area contributed by atoms with Gasteiger partial charge in [-0.15, -0.1) is 0 Å². The maximum atomic E-state index is 12.0. The van der Waals surface area contributed by atoms with Gasteiger partial charge in [0.2, 0.25) is 5.89 Å². The van der Waals surface area contributed by atoms with Crippen molar-refractivity contribution in [2.45, 2.75) is 26.4 Å². The van der Waals surface area contributed by atoms with Gasteiger partial charge < -0.3 is 14.5 Å². The SMILES string of the molecule is Cc1oc(-c2ccccc2)nc1COC(=O)CCCNc1ccccc1[N+](=O)[O-]. The van der Waals surface area contributed by atoms with Gasteiger partial charge in [0.1, 0.15) is 23.7 Å². The zero-order valence-electron chi connectivity index (χ0n) is 16.0. The molecule has 29 heavy (non-hydrogen) atoms. The molecule has 0 radical (unpaired) electrons. The molecule has 3 rings (SSSR count). The fourth-order valence-electron chi connectivity index (χ4n) is 2.73. The third-order valence-corrected chi connectivity index (χ3v) is 4.26. The Bertz CT molecular complexity index is 985. The molecular formula is C21H21N3O5. The van der Waals surface area contributed by atoms with Gasteiger partial charge in [0, 0.05) is 24.6 Å². The lowest BCUT2D eigenvalue weighted by Crippen LogP contribution is -2.09. The van der Waals surface area contributed by atoms with Crippen LogP contribution in [0, 0.1) is 17.0 Å². The summed E-state index contributed by atoms with van der Waals surface area (Å²) in [6.45, 7) is 2.24. The van der Waals surface area contributed by atoms with Crippen molar-refractivity contribution >= 4 is 17.3 Å². The molecule has 0 atom stereocenters. The molecule has 1 heterocycles. The van der Waals surface area contributed by atoms with Crippen molar-refractivity contribution in [3.63, 3.8) is 0 Å². The molecule has 0 saturated carbocycles. The Hall–Kier alpha value is -3.68. The highest BCUT2D eigenvalue weighted by molar-refractivity contribution is 5.69. The molecule has 0 bridgehead atoms. The van der Waals surface area contributed by atoms with Gasteiger partial charge in [-0.25, -0.2) is 4.98 Å². The van der Waals surface area contributed by atoms with Crippen LogP contribution in [0.15, 0.2) is 59.0 Å². The summed E-state index contributed by atoms with van der Waals surface area (Å²) >= 11 is 0. The average Bonchev–Trinajstić information content (AvgIpc) is 3.11. The minimum absolute atomic E-state index is 0.00537. The molecule has 3 aromatic rings. The van der Waals surface area contributed by atoms with Crippen molar-refractivity contribution < 1.29 is 18.9 Å². The first kappa shape index (κ1) is 20.1. The molecule has 8 heteroatoms. The zero-order valence-corrected chi connectivity index (χ0v) is 16.0. The molecule has 1 aromatic heterocycles. The number of nitro groups is 1. The number of nitrogens with one attached hydrogen (secondary N) is 1. The lowest BCUT2D eigenvalue weighted by Gasteiger charge is -2.07. The number of carbonyl (C=O) groups excluding carboxylic acids is 1. The van der Waals surface area contributed by atoms with E-state index in [4.69, 9.17) is 9.15 Å². The number of benzene rings is 2. The Morgan fingerprint density at radius 3 is 2.66 bits per heavy atom. The van der Waals surface area contributed by atoms with Gasteiger partial charge in [0.15, 0.2) is 0 Å². The molecule has 0 spiro atoms. The maximum absolute atomic E-state index is 12.0. The van der Waals surface area contributed by atoms with Gasteiger partial charge in [-0.2, -0.15) is 0 Å². The van der Waals surface area contributed by atoms with Crippen LogP contribution in [0.2, 0.25) is 0 Å². The molecule has 0 unspecified atom stereocenters. The standard InChI is InChI=1S/C21H21N3O5/c1-15-18(23-21(29-15)16-8-3-2-4-9-16)14-28-20(25)12-7-13-22-17-10-5-6-11-19(17)24(26)27/h2-6,8-11,22H,7,12-14H2,1H3. The number of nitro benzene ring substituents is 1. The van der Waals surface area contributed by atoms with Gasteiger partial charge in [-0.05, 0) is 31.5 Å². The lowest BCUT2D eigenvalue weighted by molar-refractivity contribution is -0.384. The van der Waals surface area contributed by atoms with E-state index >= 15 is 0 Å². The van der Waals surface area contributed by atoms with E-state index in [-0.39, 0.29) is 24.7 Å². The third kappa shape index (κ3) is 5.41. The monoisotopic (exact) mass is 395 g/mol. The van der Waals surface area contributed by atoms with E-state index in [0.29, 0.717) is 36.0 Å². The number of hydrogen-bond acceptors (Lipinski definition) is 7. The van der Waals surface area contributed by atoms with Crippen molar-refractivity contribution in [3.05, 3.63) is 76.2 Å². The molecule has 1 N–H and O–H groups in total. The predicted molar refractivity (Wildman–Crippen MR) is 107 cm³/mol. The van der Waals surface area contributed by atoms with Gasteiger partial charge in [-0.3, -0.25) is 14.9 Å². The van der Waals surface area contributed by atoms with Crippen LogP contribution in [-0.2, 0) is 16.1 Å². The molecule has 0 aliphatic heterocycles. The Morgan fingerprint density at radius 2 is 1.90 bits per heavy atom. The number of nitrogens with zero attached hydrogens (tertiary/aromatic N) is 2. The van der Waals surface area contributed by atoms with Crippen LogP contribution in [0.4, 0.5) is 11.4 Å². The number of oxazole rings is 1. The Kier molecular flexibility index (Phi) is 6.57. The smallest absolute Gasteiger partial charge is 0.306 e. The van der Waals surface area contributed by atoms with E-state index in [1.165, 1.54) is 6.07 Å². The zero-order chi connectivity index (χ0) is 20.6. The first-order chi connectivity index (χ1) is 14.0. The van der Waals surface area contributed by atoms with Crippen molar-refractivity contribution in [3.8, 4) is 11.5 Å². The fourth-order valence-corrected chi connectivity index (χ4v) is 2.73. The second-order valence-electron chi connectivity index (χ2n) is 6.35. The molecule has 0 fully saturated rings. The van der Waals surface area contributed by atoms with E-state index in [2.05, 4.69) is 10.3 Å². The molecule has 0 saturated heterocycles. The summed E-state index contributed by atoms with van der Waals surface area (Å²) in [7, 11) is 0. The number of hydrogen-bond donors (Lipinski definition) is 1. The van der Waals surface area contributed by atoms with Gasteiger partial charge >= 0.3 is 5.97 Å². The Morgan fingerprint density at radius 1 is 1.17 bits per heavy atom. The molecule has 0 aliphatic rings. The average molecular weight is 395 g/mol. The van der Waals surface area contributed by atoms with E-state index in [1.807, 2.05) is 30.3 Å². The highest BCUT2D eigenvalue weighted by atomic mass is 16.6. The number of ether oxygens (including phenoxy) is 1. The lowest BCUT2D eigenvalue weighted by atomic mass is 10.2. The highest BCUT2D eigenvalue weighted by Crippen LogP contribution is 2.23. The van der Waals surface area contributed by atoms with Crippen molar-refractivity contribution in [1.82, 2.24) is 4.98 Å². The molecule has 150 valence electrons. The number of aromatic nitrogens is 1. The molecule has 2 aromatic carbocycles. The second kappa shape index (κ2) is 9.50. The van der Waals surface area contributed by atoms with Gasteiger partial charge in [0.25, 0.3) is 5.69 Å². The van der Waals surface area contributed by atoms with Crippen molar-refractivity contribution in [2.75, 3.05) is 11.9 Å².